The van der Waals surface area contributed by atoms with Crippen molar-refractivity contribution in [3.8, 4) is 0 Å². The van der Waals surface area contributed by atoms with Crippen molar-refractivity contribution in [1.82, 2.24) is 0 Å². The highest BCUT2D eigenvalue weighted by Gasteiger charge is 1.39. The SMILES string of the molecule is C[Si]C.[N-]=C=O. The van der Waals surface area contributed by atoms with Gasteiger partial charge < -0.3 is 5.41 Å². The molecule has 0 aliphatic carbocycles. The molecular formula is C3H6NOSi-. The molecular weight excluding hydrogens is 94.1 g/mol. The Morgan fingerprint density at radius 1 is 1.67 bits per heavy atom. The number of hydrogen-bond acceptors (Lipinski definition) is 1. The predicted molar refractivity (Wildman–Crippen MR) is 26.5 cm³/mol. The second kappa shape index (κ2) is 23.3. The zero-order valence-corrected chi connectivity index (χ0v) is 4.86. The molecule has 0 bridgehead atoms. The van der Waals surface area contributed by atoms with E-state index >= 15 is 0 Å². The van der Waals surface area contributed by atoms with Gasteiger partial charge >= 0.3 is 0 Å². The predicted octanol–water partition coefficient (Wildman–Crippen LogP) is 0.678. The average Bonchev–Trinajstić information content (AvgIpc) is 1.39. The van der Waals surface area contributed by atoms with E-state index in [4.69, 9.17) is 10.2 Å². The highest BCUT2D eigenvalue weighted by Crippen LogP contribution is 1.36. The quantitative estimate of drug-likeness (QED) is 0.250. The summed E-state index contributed by atoms with van der Waals surface area (Å²) in [4.78, 5) is 8.24. The van der Waals surface area contributed by atoms with Crippen molar-refractivity contribution in [2.24, 2.45) is 0 Å². The molecule has 0 saturated heterocycles. The molecule has 0 aromatic rings. The molecule has 0 aromatic heterocycles. The van der Waals surface area contributed by atoms with E-state index in [2.05, 4.69) is 13.1 Å². The van der Waals surface area contributed by atoms with Crippen molar-refractivity contribution in [1.29, 1.82) is 0 Å². The molecule has 0 aliphatic rings. The van der Waals surface area contributed by atoms with Gasteiger partial charge in [-0.05, 0) is 6.08 Å². The van der Waals surface area contributed by atoms with Gasteiger partial charge in [0.25, 0.3) is 0 Å². The van der Waals surface area contributed by atoms with Gasteiger partial charge in [0.15, 0.2) is 0 Å². The summed E-state index contributed by atoms with van der Waals surface area (Å²) < 4.78 is 0. The standard InChI is InChI=1S/C2H6Si.CNO/c1-3-2;2-1-3/h1-2H3;/q;-1. The van der Waals surface area contributed by atoms with Gasteiger partial charge in [-0.15, -0.1) is 0 Å². The topological polar surface area (TPSA) is 39.4 Å². The van der Waals surface area contributed by atoms with E-state index in [0.717, 1.165) is 9.52 Å². The average molecular weight is 100 g/mol. The first kappa shape index (κ1) is 9.14. The summed E-state index contributed by atoms with van der Waals surface area (Å²) in [7, 11) is 1.08. The van der Waals surface area contributed by atoms with Crippen LogP contribution in [0.5, 0.6) is 0 Å². The zero-order chi connectivity index (χ0) is 5.41. The van der Waals surface area contributed by atoms with Crippen LogP contribution >= 0.6 is 0 Å². The van der Waals surface area contributed by atoms with Crippen LogP contribution in [-0.2, 0) is 4.79 Å². The third kappa shape index (κ3) is 149. The van der Waals surface area contributed by atoms with Gasteiger partial charge in [0, 0.05) is 9.52 Å². The van der Waals surface area contributed by atoms with E-state index in [1.807, 2.05) is 0 Å². The maximum Gasteiger partial charge on any atom is 0.0307 e. The Hall–Kier alpha value is -0.403. The monoisotopic (exact) mass is 100 g/mol. The van der Waals surface area contributed by atoms with E-state index in [9.17, 15) is 0 Å². The molecule has 0 N–H and O–H groups in total. The molecule has 0 spiro atoms. The fourth-order valence-corrected chi connectivity index (χ4v) is 0. The Kier molecular flexibility index (Phi) is 35.5. The van der Waals surface area contributed by atoms with E-state index in [1.165, 1.54) is 0 Å². The number of rotatable bonds is 0. The Balaban J connectivity index is 0. The van der Waals surface area contributed by atoms with Crippen molar-refractivity contribution < 1.29 is 4.79 Å². The maximum absolute atomic E-state index is 8.24. The molecule has 0 atom stereocenters. The van der Waals surface area contributed by atoms with Crippen LogP contribution in [0.3, 0.4) is 0 Å². The third-order valence-electron chi connectivity index (χ3n) is 0. The molecule has 6 heavy (non-hydrogen) atoms. The van der Waals surface area contributed by atoms with Crippen LogP contribution in [0.25, 0.3) is 5.41 Å². The Labute approximate surface area is 39.9 Å². The normalized spacial score (nSPS) is 4.33. The molecule has 0 fully saturated rings. The largest absolute Gasteiger partial charge is 0.724 e. The smallest absolute Gasteiger partial charge is 0.0307 e. The summed E-state index contributed by atoms with van der Waals surface area (Å²) >= 11 is 0. The first-order valence-corrected chi connectivity index (χ1v) is 3.43. The summed E-state index contributed by atoms with van der Waals surface area (Å²) in [6.07, 6.45) is 0.500. The van der Waals surface area contributed by atoms with Crippen LogP contribution in [0.4, 0.5) is 0 Å². The number of hydrogen-bond donors (Lipinski definition) is 0. The summed E-state index contributed by atoms with van der Waals surface area (Å²) in [6, 6.07) is 0. The van der Waals surface area contributed by atoms with E-state index in [-0.39, 0.29) is 0 Å². The van der Waals surface area contributed by atoms with Crippen LogP contribution in [0.15, 0.2) is 0 Å². The van der Waals surface area contributed by atoms with Crippen LogP contribution in [-0.4, -0.2) is 15.6 Å². The minimum atomic E-state index is 0.500. The van der Waals surface area contributed by atoms with Gasteiger partial charge in [-0.3, -0.25) is 4.79 Å². The second-order valence-corrected chi connectivity index (χ2v) is 1.59. The van der Waals surface area contributed by atoms with Crippen LogP contribution in [0, 0.1) is 0 Å². The first-order chi connectivity index (χ1) is 2.83. The highest BCUT2D eigenvalue weighted by atomic mass is 28.2. The molecule has 34 valence electrons. The van der Waals surface area contributed by atoms with Gasteiger partial charge in [-0.1, -0.05) is 13.1 Å². The summed E-state index contributed by atoms with van der Waals surface area (Å²) in [5, 5.41) is 6.76. The lowest BCUT2D eigenvalue weighted by molar-refractivity contribution is 0.569. The second-order valence-electron chi connectivity index (χ2n) is 0.591. The molecule has 0 amide bonds. The molecule has 0 aliphatic heterocycles. The summed E-state index contributed by atoms with van der Waals surface area (Å²) in [5.41, 5.74) is 0. The molecule has 0 rings (SSSR count). The van der Waals surface area contributed by atoms with E-state index < -0.39 is 0 Å². The number of isocyanates is 1. The molecule has 0 heterocycles. The highest BCUT2D eigenvalue weighted by molar-refractivity contribution is 6.31. The lowest BCUT2D eigenvalue weighted by Crippen LogP contribution is -1.53. The van der Waals surface area contributed by atoms with Crippen molar-refractivity contribution in [3.63, 3.8) is 0 Å². The number of nitrogens with zero attached hydrogens (tertiary/aromatic N) is 1. The van der Waals surface area contributed by atoms with Gasteiger partial charge in [0.1, 0.15) is 0 Å². The lowest BCUT2D eigenvalue weighted by Gasteiger charge is -1.44. The number of carbonyl (C=O) groups excluding carboxylic acids is 1. The minimum absolute atomic E-state index is 0.500. The molecule has 0 aromatic carbocycles. The third-order valence-corrected chi connectivity index (χ3v) is 0. The Bertz CT molecular complexity index is 40.1. The molecule has 0 saturated carbocycles. The lowest BCUT2D eigenvalue weighted by atomic mass is 11.7. The summed E-state index contributed by atoms with van der Waals surface area (Å²) in [5.74, 6) is 0. The van der Waals surface area contributed by atoms with Crippen molar-refractivity contribution in [2.75, 3.05) is 0 Å². The molecule has 3 heteroatoms. The Morgan fingerprint density at radius 3 is 1.67 bits per heavy atom. The van der Waals surface area contributed by atoms with Crippen LogP contribution < -0.4 is 0 Å². The zero-order valence-electron chi connectivity index (χ0n) is 3.86. The fourth-order valence-electron chi connectivity index (χ4n) is 0. The van der Waals surface area contributed by atoms with Crippen LogP contribution in [0.1, 0.15) is 0 Å². The summed E-state index contributed by atoms with van der Waals surface area (Å²) in [6.45, 7) is 4.31. The maximum atomic E-state index is 8.24. The van der Waals surface area contributed by atoms with Crippen molar-refractivity contribution in [3.05, 3.63) is 5.41 Å². The molecule has 2 nitrogen and oxygen atoms in total. The molecule has 2 radical (unpaired) electrons. The Morgan fingerprint density at radius 2 is 1.67 bits per heavy atom. The van der Waals surface area contributed by atoms with Gasteiger partial charge in [0.2, 0.25) is 0 Å². The van der Waals surface area contributed by atoms with E-state index in [0.29, 0.717) is 6.08 Å². The van der Waals surface area contributed by atoms with E-state index in [1.54, 1.807) is 0 Å². The van der Waals surface area contributed by atoms with Crippen molar-refractivity contribution >= 4 is 15.6 Å². The van der Waals surface area contributed by atoms with Gasteiger partial charge in [0.05, 0.1) is 0 Å². The fraction of sp³-hybridized carbons (Fsp3) is 0.667. The van der Waals surface area contributed by atoms with Crippen molar-refractivity contribution in [2.45, 2.75) is 13.1 Å². The minimum Gasteiger partial charge on any atom is -0.724 e. The molecule has 0 unspecified atom stereocenters. The van der Waals surface area contributed by atoms with Gasteiger partial charge in [-0.25, -0.2) is 0 Å². The van der Waals surface area contributed by atoms with Crippen LogP contribution in [0.2, 0.25) is 13.1 Å². The first-order valence-electron chi connectivity index (χ1n) is 1.43. The van der Waals surface area contributed by atoms with Gasteiger partial charge in [-0.2, -0.15) is 0 Å².